The minimum Gasteiger partial charge on any atom is -0.357 e. The van der Waals surface area contributed by atoms with Gasteiger partial charge in [-0.2, -0.15) is 0 Å². The van der Waals surface area contributed by atoms with Gasteiger partial charge in [-0.1, -0.05) is 35.4 Å². The fourth-order valence-electron chi connectivity index (χ4n) is 3.60. The van der Waals surface area contributed by atoms with Gasteiger partial charge in [0.15, 0.2) is 5.96 Å². The Morgan fingerprint density at radius 1 is 1.04 bits per heavy atom. The van der Waals surface area contributed by atoms with Crippen LogP contribution in [0.5, 0.6) is 0 Å². The molecule has 0 atom stereocenters. The molecule has 1 aromatic carbocycles. The van der Waals surface area contributed by atoms with Gasteiger partial charge in [0, 0.05) is 39.4 Å². The molecule has 3 rings (SSSR count). The van der Waals surface area contributed by atoms with Crippen molar-refractivity contribution in [2.45, 2.75) is 39.7 Å². The number of aliphatic imine (C=N–C) groups is 1. The lowest BCUT2D eigenvalue weighted by atomic mass is 10.1. The van der Waals surface area contributed by atoms with E-state index in [0.717, 1.165) is 49.9 Å². The highest BCUT2D eigenvalue weighted by Crippen LogP contribution is 2.17. The van der Waals surface area contributed by atoms with Crippen LogP contribution in [0.25, 0.3) is 0 Å². The second-order valence-corrected chi connectivity index (χ2v) is 7.32. The number of anilines is 1. The van der Waals surface area contributed by atoms with Crippen LogP contribution in [0.2, 0.25) is 0 Å². The molecule has 2 N–H and O–H groups in total. The summed E-state index contributed by atoms with van der Waals surface area (Å²) in [4.78, 5) is 11.3. The van der Waals surface area contributed by atoms with Gasteiger partial charge in [-0.15, -0.1) is 0 Å². The fraction of sp³-hybridized carbons (Fsp3) is 0.455. The Kier molecular flexibility index (Phi) is 6.69. The minimum atomic E-state index is 0.719. The number of pyridine rings is 1. The molecule has 0 bridgehead atoms. The molecule has 1 aliphatic heterocycles. The number of aromatic nitrogens is 1. The fourth-order valence-corrected chi connectivity index (χ4v) is 3.60. The standard InChI is InChI=1S/C22H31N5/c1-17-12-18(2)14-19(13-17)8-9-24-22(23-3)26-16-20-6-7-21(25-15-20)27-10-4-5-11-27/h6-7,12-15H,4-5,8-11,16H2,1-3H3,(H2,23,24,26). The Balaban J connectivity index is 1.44. The first-order chi connectivity index (χ1) is 13.1. The highest BCUT2D eigenvalue weighted by molar-refractivity contribution is 5.79. The molecule has 1 saturated heterocycles. The van der Waals surface area contributed by atoms with Crippen LogP contribution in [0.15, 0.2) is 41.5 Å². The monoisotopic (exact) mass is 365 g/mol. The maximum atomic E-state index is 4.61. The average Bonchev–Trinajstić information content (AvgIpc) is 3.19. The van der Waals surface area contributed by atoms with Gasteiger partial charge >= 0.3 is 0 Å². The van der Waals surface area contributed by atoms with Crippen LogP contribution >= 0.6 is 0 Å². The Morgan fingerprint density at radius 2 is 1.78 bits per heavy atom. The summed E-state index contributed by atoms with van der Waals surface area (Å²) in [5, 5.41) is 6.76. The zero-order valence-corrected chi connectivity index (χ0v) is 16.8. The number of nitrogens with zero attached hydrogens (tertiary/aromatic N) is 3. The van der Waals surface area contributed by atoms with E-state index < -0.39 is 0 Å². The predicted octanol–water partition coefficient (Wildman–Crippen LogP) is 3.21. The van der Waals surface area contributed by atoms with E-state index in [1.54, 1.807) is 7.05 Å². The third-order valence-electron chi connectivity index (χ3n) is 4.91. The quantitative estimate of drug-likeness (QED) is 0.610. The lowest BCUT2D eigenvalue weighted by Gasteiger charge is -2.16. The maximum Gasteiger partial charge on any atom is 0.191 e. The normalized spacial score (nSPS) is 14.5. The van der Waals surface area contributed by atoms with Crippen LogP contribution in [-0.4, -0.2) is 37.6 Å². The summed E-state index contributed by atoms with van der Waals surface area (Å²) in [6.45, 7) is 8.12. The molecule has 1 fully saturated rings. The van der Waals surface area contributed by atoms with E-state index >= 15 is 0 Å². The molecule has 0 aliphatic carbocycles. The third-order valence-corrected chi connectivity index (χ3v) is 4.91. The van der Waals surface area contributed by atoms with E-state index in [4.69, 9.17) is 0 Å². The Labute approximate surface area is 162 Å². The summed E-state index contributed by atoms with van der Waals surface area (Å²) in [6, 6.07) is 11.0. The van der Waals surface area contributed by atoms with Gasteiger partial charge in [0.1, 0.15) is 5.82 Å². The number of guanidine groups is 1. The van der Waals surface area contributed by atoms with Gasteiger partial charge < -0.3 is 15.5 Å². The van der Waals surface area contributed by atoms with E-state index in [1.165, 1.54) is 29.5 Å². The van der Waals surface area contributed by atoms with Crippen molar-refractivity contribution in [3.8, 4) is 0 Å². The van der Waals surface area contributed by atoms with Crippen LogP contribution in [0.3, 0.4) is 0 Å². The van der Waals surface area contributed by atoms with Gasteiger partial charge in [0.2, 0.25) is 0 Å². The summed E-state index contributed by atoms with van der Waals surface area (Å²) in [5.74, 6) is 1.91. The number of hydrogen-bond acceptors (Lipinski definition) is 3. The zero-order valence-electron chi connectivity index (χ0n) is 16.8. The molecule has 0 amide bonds. The second-order valence-electron chi connectivity index (χ2n) is 7.32. The lowest BCUT2D eigenvalue weighted by molar-refractivity contribution is 0.791. The Hall–Kier alpha value is -2.56. The van der Waals surface area contributed by atoms with Crippen LogP contribution < -0.4 is 15.5 Å². The number of benzene rings is 1. The van der Waals surface area contributed by atoms with Crippen LogP contribution in [0.1, 0.15) is 35.1 Å². The van der Waals surface area contributed by atoms with Gasteiger partial charge in [-0.3, -0.25) is 4.99 Å². The first-order valence-electron chi connectivity index (χ1n) is 9.85. The molecule has 5 heteroatoms. The SMILES string of the molecule is CN=C(NCCc1cc(C)cc(C)c1)NCc1ccc(N2CCCC2)nc1. The van der Waals surface area contributed by atoms with E-state index in [0.29, 0.717) is 0 Å². The number of aryl methyl sites for hydroxylation is 2. The van der Waals surface area contributed by atoms with E-state index in [-0.39, 0.29) is 0 Å². The van der Waals surface area contributed by atoms with Crippen molar-refractivity contribution in [1.29, 1.82) is 0 Å². The third kappa shape index (κ3) is 5.71. The number of nitrogens with one attached hydrogen (secondary N) is 2. The molecule has 2 heterocycles. The van der Waals surface area contributed by atoms with Crippen molar-refractivity contribution < 1.29 is 0 Å². The molecule has 27 heavy (non-hydrogen) atoms. The van der Waals surface area contributed by atoms with Crippen LogP contribution in [0.4, 0.5) is 5.82 Å². The molecule has 0 unspecified atom stereocenters. The van der Waals surface area contributed by atoms with Crippen molar-refractivity contribution in [1.82, 2.24) is 15.6 Å². The van der Waals surface area contributed by atoms with Crippen molar-refractivity contribution >= 4 is 11.8 Å². The summed E-state index contributed by atoms with van der Waals surface area (Å²) in [5.41, 5.74) is 5.15. The topological polar surface area (TPSA) is 52.6 Å². The van der Waals surface area contributed by atoms with Crippen LogP contribution in [-0.2, 0) is 13.0 Å². The molecule has 1 aromatic heterocycles. The molecule has 1 aliphatic rings. The molecule has 0 radical (unpaired) electrons. The predicted molar refractivity (Wildman–Crippen MR) is 114 cm³/mol. The summed E-state index contributed by atoms with van der Waals surface area (Å²) in [7, 11) is 1.81. The summed E-state index contributed by atoms with van der Waals surface area (Å²) < 4.78 is 0. The first kappa shape index (κ1) is 19.2. The van der Waals surface area contributed by atoms with Crippen molar-refractivity contribution in [3.63, 3.8) is 0 Å². The molecule has 5 nitrogen and oxygen atoms in total. The first-order valence-corrected chi connectivity index (χ1v) is 9.85. The largest absolute Gasteiger partial charge is 0.357 e. The number of rotatable bonds is 6. The van der Waals surface area contributed by atoms with Crippen LogP contribution in [0, 0.1) is 13.8 Å². The number of hydrogen-bond donors (Lipinski definition) is 2. The van der Waals surface area contributed by atoms with Gasteiger partial charge in [-0.05, 0) is 50.3 Å². The highest BCUT2D eigenvalue weighted by atomic mass is 15.2. The highest BCUT2D eigenvalue weighted by Gasteiger charge is 2.12. The smallest absolute Gasteiger partial charge is 0.191 e. The molecule has 144 valence electrons. The van der Waals surface area contributed by atoms with Gasteiger partial charge in [0.25, 0.3) is 0 Å². The summed E-state index contributed by atoms with van der Waals surface area (Å²) >= 11 is 0. The van der Waals surface area contributed by atoms with Crippen molar-refractivity contribution in [3.05, 3.63) is 58.8 Å². The van der Waals surface area contributed by atoms with E-state index in [2.05, 4.69) is 69.7 Å². The Bertz CT molecular complexity index is 741. The molecular weight excluding hydrogens is 334 g/mol. The van der Waals surface area contributed by atoms with E-state index in [1.807, 2.05) is 6.20 Å². The molecule has 0 spiro atoms. The molecule has 2 aromatic rings. The zero-order chi connectivity index (χ0) is 19.1. The maximum absolute atomic E-state index is 4.61. The second kappa shape index (κ2) is 9.40. The van der Waals surface area contributed by atoms with Crippen molar-refractivity contribution in [2.24, 2.45) is 4.99 Å². The van der Waals surface area contributed by atoms with Gasteiger partial charge in [0.05, 0.1) is 0 Å². The molecule has 0 saturated carbocycles. The van der Waals surface area contributed by atoms with Gasteiger partial charge in [-0.25, -0.2) is 4.98 Å². The minimum absolute atomic E-state index is 0.719. The molecular formula is C22H31N5. The average molecular weight is 366 g/mol. The summed E-state index contributed by atoms with van der Waals surface area (Å²) in [6.07, 6.45) is 5.49. The lowest BCUT2D eigenvalue weighted by Crippen LogP contribution is -2.37. The Morgan fingerprint density at radius 3 is 2.41 bits per heavy atom. The van der Waals surface area contributed by atoms with Crippen molar-refractivity contribution in [2.75, 3.05) is 31.6 Å². The van der Waals surface area contributed by atoms with E-state index in [9.17, 15) is 0 Å².